The van der Waals surface area contributed by atoms with Crippen LogP contribution in [0.4, 0.5) is 0 Å². The summed E-state index contributed by atoms with van der Waals surface area (Å²) in [6.45, 7) is 14.9. The third kappa shape index (κ3) is 3.84. The number of rotatable bonds is 5. The molecule has 2 atom stereocenters. The van der Waals surface area contributed by atoms with Gasteiger partial charge in [-0.1, -0.05) is 0 Å². The van der Waals surface area contributed by atoms with Gasteiger partial charge in [-0.2, -0.15) is 0 Å². The molecule has 0 spiro atoms. The molecule has 0 aliphatic carbocycles. The van der Waals surface area contributed by atoms with Gasteiger partial charge < -0.3 is 28.1 Å². The zero-order chi connectivity index (χ0) is 21.7. The van der Waals surface area contributed by atoms with Gasteiger partial charge in [-0.05, 0) is 55.4 Å². The lowest BCUT2D eigenvalue weighted by Crippen LogP contribution is -2.44. The Morgan fingerprint density at radius 1 is 0.607 bits per heavy atom. The largest absolute Gasteiger partial charge is 0.473 e. The molecule has 158 valence electrons. The summed E-state index contributed by atoms with van der Waals surface area (Å²) in [5, 5.41) is 0. The molecule has 0 radical (unpaired) electrons. The van der Waals surface area contributed by atoms with Crippen LogP contribution >= 0.6 is 0 Å². The average Bonchev–Trinajstić information content (AvgIpc) is 2.90. The molecule has 0 N–H and O–H groups in total. The third-order valence-electron chi connectivity index (χ3n) is 6.46. The maximum atomic E-state index is 12.8. The van der Waals surface area contributed by atoms with Crippen molar-refractivity contribution in [1.29, 1.82) is 0 Å². The molecule has 2 rings (SSSR count). The number of hydrogen-bond donors (Lipinski definition) is 0. The van der Waals surface area contributed by atoms with Crippen molar-refractivity contribution in [2.24, 2.45) is 0 Å². The molecule has 0 aromatic heterocycles. The van der Waals surface area contributed by atoms with E-state index in [4.69, 9.17) is 28.1 Å². The first-order valence-electron chi connectivity index (χ1n) is 9.47. The van der Waals surface area contributed by atoms with Crippen molar-refractivity contribution < 1.29 is 37.7 Å². The molecule has 0 aromatic carbocycles. The summed E-state index contributed by atoms with van der Waals surface area (Å²) < 4.78 is 34.2. The van der Waals surface area contributed by atoms with Gasteiger partial charge in [0.1, 0.15) is 11.6 Å². The fourth-order valence-corrected chi connectivity index (χ4v) is 3.20. The van der Waals surface area contributed by atoms with Crippen molar-refractivity contribution in [3.63, 3.8) is 0 Å². The van der Waals surface area contributed by atoms with Crippen molar-refractivity contribution in [2.45, 2.75) is 89.4 Å². The molecule has 2 aliphatic heterocycles. The third-order valence-corrected chi connectivity index (χ3v) is 6.46. The highest BCUT2D eigenvalue weighted by Gasteiger charge is 2.65. The van der Waals surface area contributed by atoms with Crippen molar-refractivity contribution >= 4 is 26.2 Å². The monoisotopic (exact) mass is 398 g/mol. The molecule has 10 heteroatoms. The van der Waals surface area contributed by atoms with Crippen molar-refractivity contribution in [3.05, 3.63) is 0 Å². The lowest BCUT2D eigenvalue weighted by molar-refractivity contribution is -0.148. The smallest absolute Gasteiger partial charge is 0.469 e. The summed E-state index contributed by atoms with van der Waals surface area (Å²) in [5.74, 6) is -3.59. The molecule has 0 saturated carbocycles. The summed E-state index contributed by atoms with van der Waals surface area (Å²) in [5.41, 5.74) is -2.78. The first-order valence-corrected chi connectivity index (χ1v) is 9.47. The normalized spacial score (nSPS) is 26.6. The standard InChI is InChI=1S/C18H32B2O8/c1-15(2)16(3,4)26-19(25-15)11(13(21)23-9)12(14(22)24-10)20-27-17(5,6)18(7,8)28-20/h11-12H,1-10H3. The summed E-state index contributed by atoms with van der Waals surface area (Å²) >= 11 is 0. The second-order valence-corrected chi connectivity index (χ2v) is 9.35. The Hall–Kier alpha value is -1.09. The second-order valence-electron chi connectivity index (χ2n) is 9.35. The Morgan fingerprint density at radius 3 is 1.00 bits per heavy atom. The minimum Gasteiger partial charge on any atom is -0.469 e. The van der Waals surface area contributed by atoms with E-state index in [9.17, 15) is 9.59 Å². The van der Waals surface area contributed by atoms with Crippen LogP contribution in [0.3, 0.4) is 0 Å². The van der Waals surface area contributed by atoms with Crippen LogP contribution in [0.2, 0.25) is 11.6 Å². The molecular weight excluding hydrogens is 366 g/mol. The van der Waals surface area contributed by atoms with E-state index in [1.807, 2.05) is 55.4 Å². The quantitative estimate of drug-likeness (QED) is 0.515. The van der Waals surface area contributed by atoms with Crippen LogP contribution < -0.4 is 0 Å². The Labute approximate surface area is 168 Å². The van der Waals surface area contributed by atoms with Crippen LogP contribution in [0.15, 0.2) is 0 Å². The first-order chi connectivity index (χ1) is 12.6. The molecule has 28 heavy (non-hydrogen) atoms. The van der Waals surface area contributed by atoms with E-state index in [1.165, 1.54) is 14.2 Å². The minimum atomic E-state index is -1.13. The van der Waals surface area contributed by atoms with Gasteiger partial charge in [-0.3, -0.25) is 9.59 Å². The predicted molar refractivity (Wildman–Crippen MR) is 104 cm³/mol. The number of methoxy groups -OCH3 is 2. The van der Waals surface area contributed by atoms with Crippen LogP contribution in [-0.2, 0) is 37.7 Å². The van der Waals surface area contributed by atoms with E-state index in [2.05, 4.69) is 0 Å². The number of esters is 2. The number of carbonyl (C=O) groups is 2. The van der Waals surface area contributed by atoms with Gasteiger partial charge in [0.15, 0.2) is 0 Å². The number of hydrogen-bond acceptors (Lipinski definition) is 8. The Balaban J connectivity index is 2.46. The molecule has 2 heterocycles. The Kier molecular flexibility index (Phi) is 6.05. The van der Waals surface area contributed by atoms with Crippen LogP contribution in [0.1, 0.15) is 55.4 Å². The predicted octanol–water partition coefficient (Wildman–Crippen LogP) is 2.26. The van der Waals surface area contributed by atoms with Crippen LogP contribution in [-0.4, -0.2) is 62.8 Å². The zero-order valence-electron chi connectivity index (χ0n) is 18.6. The molecule has 0 aromatic rings. The molecule has 2 fully saturated rings. The summed E-state index contributed by atoms with van der Waals surface area (Å²) in [4.78, 5) is 25.5. The molecule has 0 bridgehead atoms. The van der Waals surface area contributed by atoms with E-state index in [0.29, 0.717) is 0 Å². The van der Waals surface area contributed by atoms with Crippen LogP contribution in [0.5, 0.6) is 0 Å². The second kappa shape index (κ2) is 7.31. The number of carbonyl (C=O) groups excluding carboxylic acids is 2. The topological polar surface area (TPSA) is 89.5 Å². The van der Waals surface area contributed by atoms with Gasteiger partial charge in [0.2, 0.25) is 0 Å². The molecule has 2 saturated heterocycles. The van der Waals surface area contributed by atoms with Crippen molar-refractivity contribution in [3.8, 4) is 0 Å². The van der Waals surface area contributed by atoms with E-state index < -0.39 is 60.2 Å². The fraction of sp³-hybridized carbons (Fsp3) is 0.889. The van der Waals surface area contributed by atoms with Gasteiger partial charge >= 0.3 is 26.2 Å². The Bertz CT molecular complexity index is 545. The van der Waals surface area contributed by atoms with Crippen LogP contribution in [0.25, 0.3) is 0 Å². The number of ether oxygens (including phenoxy) is 2. The van der Waals surface area contributed by atoms with Crippen molar-refractivity contribution in [2.75, 3.05) is 14.2 Å². The van der Waals surface area contributed by atoms with Gasteiger partial charge in [0.05, 0.1) is 36.6 Å². The molecular formula is C18H32B2O8. The Morgan fingerprint density at radius 2 is 0.821 bits per heavy atom. The summed E-state index contributed by atoms with van der Waals surface area (Å²) in [7, 11) is 0.444. The average molecular weight is 398 g/mol. The molecule has 2 aliphatic rings. The molecule has 2 unspecified atom stereocenters. The van der Waals surface area contributed by atoms with Crippen molar-refractivity contribution in [1.82, 2.24) is 0 Å². The van der Waals surface area contributed by atoms with E-state index in [1.54, 1.807) is 0 Å². The van der Waals surface area contributed by atoms with E-state index in [-0.39, 0.29) is 0 Å². The summed E-state index contributed by atoms with van der Waals surface area (Å²) in [6.07, 6.45) is 0. The van der Waals surface area contributed by atoms with Gasteiger partial charge in [-0.15, -0.1) is 0 Å². The van der Waals surface area contributed by atoms with Gasteiger partial charge in [-0.25, -0.2) is 0 Å². The minimum absolute atomic E-state index is 0.663. The van der Waals surface area contributed by atoms with Crippen LogP contribution in [0, 0.1) is 0 Å². The van der Waals surface area contributed by atoms with Gasteiger partial charge in [0, 0.05) is 0 Å². The van der Waals surface area contributed by atoms with E-state index in [0.717, 1.165) is 0 Å². The molecule has 8 nitrogen and oxygen atoms in total. The highest BCUT2D eigenvalue weighted by Crippen LogP contribution is 2.48. The zero-order valence-corrected chi connectivity index (χ0v) is 18.6. The first kappa shape index (κ1) is 23.2. The lowest BCUT2D eigenvalue weighted by Gasteiger charge is -2.32. The fourth-order valence-electron chi connectivity index (χ4n) is 3.20. The molecule has 0 amide bonds. The highest BCUT2D eigenvalue weighted by atomic mass is 16.7. The maximum absolute atomic E-state index is 12.8. The van der Waals surface area contributed by atoms with E-state index >= 15 is 0 Å². The van der Waals surface area contributed by atoms with Gasteiger partial charge in [0.25, 0.3) is 0 Å². The highest BCUT2D eigenvalue weighted by molar-refractivity contribution is 6.61. The summed E-state index contributed by atoms with van der Waals surface area (Å²) in [6, 6.07) is 0. The maximum Gasteiger partial charge on any atom is 0.473 e. The SMILES string of the molecule is COC(=O)C(B1OC(C)(C)C(C)(C)O1)C(B1OC(C)(C)C(C)(C)O1)C(=O)OC. The lowest BCUT2D eigenvalue weighted by atomic mass is 9.53.